The minimum Gasteiger partial charge on any atom is -0.476 e. The van der Waals surface area contributed by atoms with Crippen molar-refractivity contribution in [2.75, 3.05) is 32.8 Å². The molecule has 3 fully saturated rings. The lowest BCUT2D eigenvalue weighted by atomic mass is 9.74. The second-order valence-corrected chi connectivity index (χ2v) is 9.58. The molecule has 164 valence electrons. The zero-order chi connectivity index (χ0) is 21.0. The van der Waals surface area contributed by atoms with Gasteiger partial charge in [-0.3, -0.25) is 14.6 Å². The predicted molar refractivity (Wildman–Crippen MR) is 113 cm³/mol. The number of hydrogen-bond acceptors (Lipinski definition) is 5. The van der Waals surface area contributed by atoms with Gasteiger partial charge >= 0.3 is 0 Å². The molecular weight excluding hydrogens is 380 g/mol. The number of carbonyl (C=O) groups excluding carboxylic acids is 2. The summed E-state index contributed by atoms with van der Waals surface area (Å²) >= 11 is 0. The normalized spacial score (nSPS) is 24.8. The summed E-state index contributed by atoms with van der Waals surface area (Å²) in [5.74, 6) is 1.77. The minimum atomic E-state index is -0.146. The average molecular weight is 415 g/mol. The standard InChI is InChI=1S/C23H34N4O3/c1-23(7-3-2-4-8-23)22(29)26-11-5-18(6-12-26)15-27-16-19(13-21(27)28)17-30-20-14-24-9-10-25-20/h9-10,14,18-19H,2-8,11-13,15-17H2,1H3. The predicted octanol–water partition coefficient (Wildman–Crippen LogP) is 2.91. The fourth-order valence-electron chi connectivity index (χ4n) is 5.26. The molecule has 2 amide bonds. The molecule has 0 spiro atoms. The lowest BCUT2D eigenvalue weighted by molar-refractivity contribution is -0.145. The molecule has 1 aromatic rings. The molecule has 0 N–H and O–H groups in total. The summed E-state index contributed by atoms with van der Waals surface area (Å²) in [5, 5.41) is 0. The Hall–Kier alpha value is -2.18. The van der Waals surface area contributed by atoms with Gasteiger partial charge in [0.1, 0.15) is 0 Å². The van der Waals surface area contributed by atoms with E-state index in [0.29, 0.717) is 30.7 Å². The molecule has 7 heteroatoms. The monoisotopic (exact) mass is 414 g/mol. The quantitative estimate of drug-likeness (QED) is 0.715. The second kappa shape index (κ2) is 9.31. The van der Waals surface area contributed by atoms with Crippen LogP contribution < -0.4 is 4.74 Å². The van der Waals surface area contributed by atoms with Crippen LogP contribution in [0, 0.1) is 17.3 Å². The van der Waals surface area contributed by atoms with E-state index in [0.717, 1.165) is 51.9 Å². The number of carbonyl (C=O) groups is 2. The summed E-state index contributed by atoms with van der Waals surface area (Å²) in [6.07, 6.45) is 13.0. The first kappa shape index (κ1) is 21.1. The van der Waals surface area contributed by atoms with E-state index in [9.17, 15) is 9.59 Å². The Bertz CT molecular complexity index is 727. The molecule has 1 saturated carbocycles. The van der Waals surface area contributed by atoms with Crippen molar-refractivity contribution in [1.82, 2.24) is 19.8 Å². The maximum atomic E-state index is 13.0. The molecule has 1 unspecified atom stereocenters. The van der Waals surface area contributed by atoms with Gasteiger partial charge in [-0.1, -0.05) is 26.2 Å². The maximum absolute atomic E-state index is 13.0. The minimum absolute atomic E-state index is 0.146. The van der Waals surface area contributed by atoms with E-state index in [1.54, 1.807) is 18.6 Å². The highest BCUT2D eigenvalue weighted by Gasteiger charge is 2.39. The van der Waals surface area contributed by atoms with E-state index >= 15 is 0 Å². The van der Waals surface area contributed by atoms with Crippen LogP contribution in [-0.4, -0.2) is 64.4 Å². The first-order valence-electron chi connectivity index (χ1n) is 11.5. The summed E-state index contributed by atoms with van der Waals surface area (Å²) in [5.41, 5.74) is -0.146. The highest BCUT2D eigenvalue weighted by Crippen LogP contribution is 2.38. The number of rotatable bonds is 6. The van der Waals surface area contributed by atoms with Crippen LogP contribution in [0.1, 0.15) is 58.3 Å². The van der Waals surface area contributed by atoms with Crippen molar-refractivity contribution in [3.8, 4) is 5.88 Å². The van der Waals surface area contributed by atoms with Crippen molar-refractivity contribution in [2.24, 2.45) is 17.3 Å². The highest BCUT2D eigenvalue weighted by molar-refractivity contribution is 5.82. The largest absolute Gasteiger partial charge is 0.476 e. The van der Waals surface area contributed by atoms with Crippen molar-refractivity contribution < 1.29 is 14.3 Å². The summed E-state index contributed by atoms with van der Waals surface area (Å²) in [7, 11) is 0. The van der Waals surface area contributed by atoms with Crippen LogP contribution in [0.5, 0.6) is 5.88 Å². The first-order chi connectivity index (χ1) is 14.5. The molecule has 1 aromatic heterocycles. The zero-order valence-corrected chi connectivity index (χ0v) is 18.1. The lowest BCUT2D eigenvalue weighted by Crippen LogP contribution is -2.48. The molecular formula is C23H34N4O3. The second-order valence-electron chi connectivity index (χ2n) is 9.58. The Morgan fingerprint density at radius 1 is 1.17 bits per heavy atom. The van der Waals surface area contributed by atoms with Crippen LogP contribution in [0.3, 0.4) is 0 Å². The lowest BCUT2D eigenvalue weighted by Gasteiger charge is -2.40. The van der Waals surface area contributed by atoms with Crippen LogP contribution >= 0.6 is 0 Å². The van der Waals surface area contributed by atoms with Gasteiger partial charge < -0.3 is 14.5 Å². The Balaban J connectivity index is 1.21. The van der Waals surface area contributed by atoms with Gasteiger partial charge in [0.05, 0.1) is 12.8 Å². The zero-order valence-electron chi connectivity index (χ0n) is 18.1. The van der Waals surface area contributed by atoms with E-state index in [1.807, 2.05) is 4.90 Å². The van der Waals surface area contributed by atoms with Gasteiger partial charge in [0.2, 0.25) is 17.7 Å². The molecule has 3 heterocycles. The van der Waals surface area contributed by atoms with E-state index in [-0.39, 0.29) is 17.2 Å². The number of aromatic nitrogens is 2. The number of hydrogen-bond donors (Lipinski definition) is 0. The van der Waals surface area contributed by atoms with E-state index in [1.165, 1.54) is 19.3 Å². The molecule has 1 atom stereocenters. The van der Waals surface area contributed by atoms with Gasteiger partial charge in [-0.05, 0) is 31.6 Å². The summed E-state index contributed by atoms with van der Waals surface area (Å²) in [4.78, 5) is 37.7. The number of nitrogens with zero attached hydrogens (tertiary/aromatic N) is 4. The summed E-state index contributed by atoms with van der Waals surface area (Å²) in [6.45, 7) is 5.87. The van der Waals surface area contributed by atoms with Crippen LogP contribution in [0.15, 0.2) is 18.6 Å². The van der Waals surface area contributed by atoms with Crippen molar-refractivity contribution >= 4 is 11.8 Å². The molecule has 3 aliphatic rings. The third-order valence-corrected chi connectivity index (χ3v) is 7.15. The number of likely N-dealkylation sites (tertiary alicyclic amines) is 2. The smallest absolute Gasteiger partial charge is 0.232 e. The SMILES string of the molecule is CC1(C(=O)N2CCC(CN3CC(COc4cnccn4)CC3=O)CC2)CCCCC1. The van der Waals surface area contributed by atoms with Crippen molar-refractivity contribution in [1.29, 1.82) is 0 Å². The number of piperidine rings is 1. The third kappa shape index (κ3) is 4.93. The maximum Gasteiger partial charge on any atom is 0.232 e. The van der Waals surface area contributed by atoms with E-state index in [4.69, 9.17) is 4.74 Å². The fraction of sp³-hybridized carbons (Fsp3) is 0.739. The Morgan fingerprint density at radius 2 is 1.93 bits per heavy atom. The van der Waals surface area contributed by atoms with Crippen LogP contribution in [0.4, 0.5) is 0 Å². The van der Waals surface area contributed by atoms with Crippen LogP contribution in [0.25, 0.3) is 0 Å². The van der Waals surface area contributed by atoms with Gasteiger partial charge in [-0.2, -0.15) is 0 Å². The third-order valence-electron chi connectivity index (χ3n) is 7.15. The summed E-state index contributed by atoms with van der Waals surface area (Å²) < 4.78 is 5.69. The first-order valence-corrected chi connectivity index (χ1v) is 11.5. The Labute approximate surface area is 179 Å². The molecule has 7 nitrogen and oxygen atoms in total. The highest BCUT2D eigenvalue weighted by atomic mass is 16.5. The van der Waals surface area contributed by atoms with Crippen LogP contribution in [0.2, 0.25) is 0 Å². The summed E-state index contributed by atoms with van der Waals surface area (Å²) in [6, 6.07) is 0. The van der Waals surface area contributed by atoms with Gasteiger partial charge in [0.15, 0.2) is 0 Å². The van der Waals surface area contributed by atoms with Gasteiger partial charge in [-0.15, -0.1) is 0 Å². The van der Waals surface area contributed by atoms with E-state index in [2.05, 4.69) is 21.8 Å². The molecule has 4 rings (SSSR count). The molecule has 30 heavy (non-hydrogen) atoms. The Morgan fingerprint density at radius 3 is 2.63 bits per heavy atom. The van der Waals surface area contributed by atoms with Crippen LogP contribution in [-0.2, 0) is 9.59 Å². The Kier molecular flexibility index (Phi) is 6.54. The van der Waals surface area contributed by atoms with E-state index < -0.39 is 0 Å². The van der Waals surface area contributed by atoms with Crippen molar-refractivity contribution in [3.05, 3.63) is 18.6 Å². The fourth-order valence-corrected chi connectivity index (χ4v) is 5.26. The molecule has 0 aromatic carbocycles. The molecule has 0 radical (unpaired) electrons. The molecule has 0 bridgehead atoms. The van der Waals surface area contributed by atoms with Gasteiger partial charge in [0, 0.05) is 56.3 Å². The molecule has 2 saturated heterocycles. The topological polar surface area (TPSA) is 75.6 Å². The average Bonchev–Trinajstić information content (AvgIpc) is 3.13. The number of amides is 2. The number of ether oxygens (including phenoxy) is 1. The molecule has 2 aliphatic heterocycles. The molecule has 1 aliphatic carbocycles. The van der Waals surface area contributed by atoms with Gasteiger partial charge in [0.25, 0.3) is 0 Å². The van der Waals surface area contributed by atoms with Gasteiger partial charge in [-0.25, -0.2) is 4.98 Å². The van der Waals surface area contributed by atoms with Crippen molar-refractivity contribution in [2.45, 2.75) is 58.3 Å². The van der Waals surface area contributed by atoms with Crippen molar-refractivity contribution in [3.63, 3.8) is 0 Å².